The summed E-state index contributed by atoms with van der Waals surface area (Å²) in [6, 6.07) is 10.2. The van der Waals surface area contributed by atoms with Crippen LogP contribution in [0.2, 0.25) is 0 Å². The van der Waals surface area contributed by atoms with E-state index in [1.807, 2.05) is 31.2 Å². The molecule has 1 aromatic carbocycles. The maximum atomic E-state index is 11.3. The minimum absolute atomic E-state index is 0.129. The van der Waals surface area contributed by atoms with Crippen LogP contribution in [0.1, 0.15) is 18.2 Å². The number of carbonyl (C=O) groups is 1. The normalized spacial score (nSPS) is 12.6. The summed E-state index contributed by atoms with van der Waals surface area (Å²) in [6.45, 7) is 3.58. The van der Waals surface area contributed by atoms with Gasteiger partial charge in [0.25, 0.3) is 0 Å². The number of Topliss-reactive ketones (excluding diaryl/α,β-unsaturated/α-hetero) is 1. The molecule has 0 N–H and O–H groups in total. The summed E-state index contributed by atoms with van der Waals surface area (Å²) in [5, 5.41) is 1.12. The topological polar surface area (TPSA) is 30.0 Å². The van der Waals surface area contributed by atoms with Gasteiger partial charge in [0.15, 0.2) is 0 Å². The second kappa shape index (κ2) is 4.96. The van der Waals surface area contributed by atoms with Gasteiger partial charge in [0.2, 0.25) is 0 Å². The zero-order valence-corrected chi connectivity index (χ0v) is 11.5. The van der Waals surface area contributed by atoms with Gasteiger partial charge in [-0.25, -0.2) is 0 Å². The fraction of sp³-hybridized carbons (Fsp3) is 0.286. The number of hydrogen-bond acceptors (Lipinski definition) is 2. The number of alkyl halides is 1. The summed E-state index contributed by atoms with van der Waals surface area (Å²) in [5.41, 5.74) is 3.11. The number of fused-ring (bicyclic) bond motifs is 1. The summed E-state index contributed by atoms with van der Waals surface area (Å²) in [7, 11) is 0. The lowest BCUT2D eigenvalue weighted by atomic mass is 10.0. The van der Waals surface area contributed by atoms with Crippen LogP contribution < -0.4 is 0 Å². The number of hydrogen-bond donors (Lipinski definition) is 0. The Morgan fingerprint density at radius 2 is 2.12 bits per heavy atom. The molecule has 2 rings (SSSR count). The van der Waals surface area contributed by atoms with E-state index >= 15 is 0 Å². The Morgan fingerprint density at radius 3 is 2.82 bits per heavy atom. The van der Waals surface area contributed by atoms with E-state index in [0.29, 0.717) is 6.42 Å². The van der Waals surface area contributed by atoms with Crippen molar-refractivity contribution in [3.8, 4) is 0 Å². The Morgan fingerprint density at radius 1 is 1.35 bits per heavy atom. The number of nitrogens with zero attached hydrogens (tertiary/aromatic N) is 1. The van der Waals surface area contributed by atoms with Crippen molar-refractivity contribution in [1.29, 1.82) is 0 Å². The Balaban J connectivity index is 2.46. The number of aryl methyl sites for hydroxylation is 1. The highest BCUT2D eigenvalue weighted by Gasteiger charge is 2.12. The Hall–Kier alpha value is -1.22. The molecule has 0 spiro atoms. The molecule has 17 heavy (non-hydrogen) atoms. The average molecular weight is 292 g/mol. The van der Waals surface area contributed by atoms with Gasteiger partial charge in [-0.05, 0) is 31.9 Å². The van der Waals surface area contributed by atoms with Gasteiger partial charge in [-0.15, -0.1) is 0 Å². The molecular weight excluding hydrogens is 278 g/mol. The van der Waals surface area contributed by atoms with Crippen LogP contribution >= 0.6 is 15.9 Å². The number of ketones is 1. The van der Waals surface area contributed by atoms with E-state index in [1.54, 1.807) is 6.92 Å². The molecule has 0 radical (unpaired) electrons. The van der Waals surface area contributed by atoms with Crippen molar-refractivity contribution in [2.24, 2.45) is 0 Å². The first-order chi connectivity index (χ1) is 8.08. The number of rotatable bonds is 3. The third-order valence-corrected chi connectivity index (χ3v) is 3.75. The lowest BCUT2D eigenvalue weighted by Gasteiger charge is -2.09. The average Bonchev–Trinajstić information content (AvgIpc) is 2.29. The molecular formula is C14H14BrNO. The van der Waals surface area contributed by atoms with E-state index in [9.17, 15) is 4.79 Å². The Kier molecular flexibility index (Phi) is 3.57. The third kappa shape index (κ3) is 2.72. The first-order valence-corrected chi connectivity index (χ1v) is 6.49. The zero-order chi connectivity index (χ0) is 12.4. The first kappa shape index (κ1) is 12.2. The number of benzene rings is 1. The fourth-order valence-corrected chi connectivity index (χ4v) is 2.16. The number of halogens is 1. The first-order valence-electron chi connectivity index (χ1n) is 5.57. The van der Waals surface area contributed by atoms with Gasteiger partial charge in [0, 0.05) is 11.1 Å². The Bertz CT molecular complexity index is 565. The van der Waals surface area contributed by atoms with Gasteiger partial charge in [-0.3, -0.25) is 9.78 Å². The zero-order valence-electron chi connectivity index (χ0n) is 9.90. The van der Waals surface area contributed by atoms with Crippen LogP contribution in [0.3, 0.4) is 0 Å². The molecule has 0 saturated carbocycles. The lowest BCUT2D eigenvalue weighted by molar-refractivity contribution is -0.116. The van der Waals surface area contributed by atoms with Crippen LogP contribution in [0.4, 0.5) is 0 Å². The number of pyridine rings is 1. The molecule has 2 aromatic rings. The second-order valence-corrected chi connectivity index (χ2v) is 5.33. The van der Waals surface area contributed by atoms with Crippen LogP contribution in [0.15, 0.2) is 30.3 Å². The van der Waals surface area contributed by atoms with Gasteiger partial charge < -0.3 is 0 Å². The molecule has 0 fully saturated rings. The van der Waals surface area contributed by atoms with Gasteiger partial charge in [0.1, 0.15) is 5.78 Å². The van der Waals surface area contributed by atoms with Gasteiger partial charge in [0.05, 0.1) is 10.3 Å². The highest BCUT2D eigenvalue weighted by atomic mass is 79.9. The molecule has 1 heterocycles. The van der Waals surface area contributed by atoms with E-state index in [-0.39, 0.29) is 10.6 Å². The molecule has 3 heteroatoms. The SMILES string of the molecule is CC(=O)C(Br)Cc1cccc2ccc(C)nc12. The minimum Gasteiger partial charge on any atom is -0.299 e. The maximum Gasteiger partial charge on any atom is 0.143 e. The van der Waals surface area contributed by atoms with Gasteiger partial charge in [-0.1, -0.05) is 40.2 Å². The van der Waals surface area contributed by atoms with Crippen LogP contribution in [0, 0.1) is 6.92 Å². The van der Waals surface area contributed by atoms with E-state index in [2.05, 4.69) is 27.0 Å². The molecule has 88 valence electrons. The maximum absolute atomic E-state index is 11.3. The Labute approximate surface area is 109 Å². The van der Waals surface area contributed by atoms with Crippen molar-refractivity contribution in [2.45, 2.75) is 25.1 Å². The van der Waals surface area contributed by atoms with Crippen molar-refractivity contribution in [3.63, 3.8) is 0 Å². The van der Waals surface area contributed by atoms with Crippen LogP contribution in [-0.4, -0.2) is 15.6 Å². The number of carbonyl (C=O) groups excluding carboxylic acids is 1. The smallest absolute Gasteiger partial charge is 0.143 e. The minimum atomic E-state index is -0.129. The van der Waals surface area contributed by atoms with Crippen molar-refractivity contribution < 1.29 is 4.79 Å². The van der Waals surface area contributed by atoms with E-state index in [4.69, 9.17) is 0 Å². The molecule has 0 amide bonds. The largest absolute Gasteiger partial charge is 0.299 e. The van der Waals surface area contributed by atoms with E-state index < -0.39 is 0 Å². The molecule has 0 aliphatic rings. The monoisotopic (exact) mass is 291 g/mol. The second-order valence-electron chi connectivity index (χ2n) is 4.22. The summed E-state index contributed by atoms with van der Waals surface area (Å²) >= 11 is 3.41. The van der Waals surface area contributed by atoms with Crippen molar-refractivity contribution >= 4 is 32.6 Å². The van der Waals surface area contributed by atoms with Crippen molar-refractivity contribution in [3.05, 3.63) is 41.6 Å². The standard InChI is InChI=1S/C14H14BrNO/c1-9-6-7-11-4-3-5-12(14(11)16-9)8-13(15)10(2)17/h3-7,13H,8H2,1-2H3. The number of para-hydroxylation sites is 1. The molecule has 0 bridgehead atoms. The molecule has 1 unspecified atom stereocenters. The molecule has 1 aromatic heterocycles. The molecule has 1 atom stereocenters. The van der Waals surface area contributed by atoms with Crippen LogP contribution in [0.25, 0.3) is 10.9 Å². The van der Waals surface area contributed by atoms with E-state index in [0.717, 1.165) is 22.2 Å². The van der Waals surface area contributed by atoms with Crippen LogP contribution in [-0.2, 0) is 11.2 Å². The molecule has 2 nitrogen and oxygen atoms in total. The molecule has 0 aliphatic heterocycles. The quantitative estimate of drug-likeness (QED) is 0.811. The highest BCUT2D eigenvalue weighted by molar-refractivity contribution is 9.10. The lowest BCUT2D eigenvalue weighted by Crippen LogP contribution is -2.13. The van der Waals surface area contributed by atoms with Gasteiger partial charge in [-0.2, -0.15) is 0 Å². The summed E-state index contributed by atoms with van der Waals surface area (Å²) in [5.74, 6) is 0.148. The highest BCUT2D eigenvalue weighted by Crippen LogP contribution is 2.20. The summed E-state index contributed by atoms with van der Waals surface area (Å²) < 4.78 is 0. The summed E-state index contributed by atoms with van der Waals surface area (Å²) in [4.78, 5) is 15.7. The van der Waals surface area contributed by atoms with Crippen molar-refractivity contribution in [2.75, 3.05) is 0 Å². The molecule has 0 aliphatic carbocycles. The predicted molar refractivity (Wildman–Crippen MR) is 73.6 cm³/mol. The third-order valence-electron chi connectivity index (χ3n) is 2.78. The molecule has 0 saturated heterocycles. The van der Waals surface area contributed by atoms with E-state index in [1.165, 1.54) is 0 Å². The van der Waals surface area contributed by atoms with Crippen LogP contribution in [0.5, 0.6) is 0 Å². The summed E-state index contributed by atoms with van der Waals surface area (Å²) in [6.07, 6.45) is 0.684. The fourth-order valence-electron chi connectivity index (χ4n) is 1.81. The van der Waals surface area contributed by atoms with Crippen molar-refractivity contribution in [1.82, 2.24) is 4.98 Å². The van der Waals surface area contributed by atoms with Gasteiger partial charge >= 0.3 is 0 Å². The predicted octanol–water partition coefficient (Wildman–Crippen LogP) is 3.44. The number of aromatic nitrogens is 1.